The first-order valence-electron chi connectivity index (χ1n) is 10.6. The van der Waals surface area contributed by atoms with Crippen molar-refractivity contribution >= 4 is 33.6 Å². The summed E-state index contributed by atoms with van der Waals surface area (Å²) in [5, 5.41) is 14.3. The van der Waals surface area contributed by atoms with Crippen LogP contribution in [0.15, 0.2) is 53.0 Å². The lowest BCUT2D eigenvalue weighted by molar-refractivity contribution is -0.116. The molecule has 0 radical (unpaired) electrons. The van der Waals surface area contributed by atoms with E-state index in [2.05, 4.69) is 41.3 Å². The van der Waals surface area contributed by atoms with Crippen LogP contribution in [0.1, 0.15) is 43.1 Å². The molecule has 0 fully saturated rings. The van der Waals surface area contributed by atoms with Crippen LogP contribution in [0.3, 0.4) is 0 Å². The molecule has 0 saturated heterocycles. The summed E-state index contributed by atoms with van der Waals surface area (Å²) in [5.41, 5.74) is 7.73. The molecule has 1 aliphatic rings. The minimum Gasteiger partial charge on any atom is -0.352 e. The molecule has 166 valence electrons. The molecule has 9 heteroatoms. The maximum atomic E-state index is 12.7. The minimum atomic E-state index is -0.681. The second-order valence-corrected chi connectivity index (χ2v) is 8.76. The van der Waals surface area contributed by atoms with Gasteiger partial charge in [-0.3, -0.25) is 4.79 Å². The molecule has 32 heavy (non-hydrogen) atoms. The Morgan fingerprint density at radius 3 is 2.66 bits per heavy atom. The highest BCUT2D eigenvalue weighted by Crippen LogP contribution is 2.25. The van der Waals surface area contributed by atoms with Gasteiger partial charge in [0.1, 0.15) is 5.82 Å². The second-order valence-electron chi connectivity index (χ2n) is 7.85. The van der Waals surface area contributed by atoms with Gasteiger partial charge in [0.25, 0.3) is 0 Å². The summed E-state index contributed by atoms with van der Waals surface area (Å²) >= 11 is 3.41. The molecule has 2 aromatic carbocycles. The van der Waals surface area contributed by atoms with Crippen LogP contribution < -0.4 is 16.4 Å². The van der Waals surface area contributed by atoms with Crippen molar-refractivity contribution in [3.63, 3.8) is 0 Å². The molecule has 1 unspecified atom stereocenters. The summed E-state index contributed by atoms with van der Waals surface area (Å²) in [6.07, 6.45) is 4.50. The summed E-state index contributed by atoms with van der Waals surface area (Å²) in [4.78, 5) is 24.1. The normalized spacial score (nSPS) is 14.2. The van der Waals surface area contributed by atoms with E-state index in [9.17, 15) is 9.59 Å². The minimum absolute atomic E-state index is 0.0544. The van der Waals surface area contributed by atoms with Crippen LogP contribution in [0.25, 0.3) is 11.4 Å². The third-order valence-corrected chi connectivity index (χ3v) is 5.99. The molecule has 4 N–H and O–H groups in total. The standard InChI is InChI=1S/C23H25BrN6O2/c24-17-6-4-5-16(13-17)19(27-23(25)32)14-21(31)26-18-10-8-15(9-11-18)22-29-28-20-7-2-1-3-12-30(20)22/h4-6,8-11,13,19H,1-3,7,12,14H2,(H,26,31)(H3,25,27,32). The summed E-state index contributed by atoms with van der Waals surface area (Å²) in [7, 11) is 0. The molecule has 3 amide bonds. The number of nitrogens with two attached hydrogens (primary N) is 1. The molecule has 1 aliphatic heterocycles. The van der Waals surface area contributed by atoms with E-state index in [1.165, 1.54) is 6.42 Å². The van der Waals surface area contributed by atoms with Crippen molar-refractivity contribution < 1.29 is 9.59 Å². The second kappa shape index (κ2) is 9.95. The van der Waals surface area contributed by atoms with Gasteiger partial charge in [-0.15, -0.1) is 10.2 Å². The number of hydrogen-bond donors (Lipinski definition) is 3. The maximum absolute atomic E-state index is 12.7. The average molecular weight is 497 g/mol. The van der Waals surface area contributed by atoms with Crippen molar-refractivity contribution in [2.24, 2.45) is 5.73 Å². The number of amides is 3. The van der Waals surface area contributed by atoms with Gasteiger partial charge in [-0.1, -0.05) is 34.5 Å². The third kappa shape index (κ3) is 5.34. The fourth-order valence-electron chi connectivity index (χ4n) is 3.95. The first-order chi connectivity index (χ1) is 15.5. The van der Waals surface area contributed by atoms with Crippen LogP contribution in [-0.2, 0) is 17.8 Å². The topological polar surface area (TPSA) is 115 Å². The van der Waals surface area contributed by atoms with Crippen LogP contribution in [-0.4, -0.2) is 26.7 Å². The molecular formula is C23H25BrN6O2. The third-order valence-electron chi connectivity index (χ3n) is 5.49. The Labute approximate surface area is 194 Å². The van der Waals surface area contributed by atoms with E-state index in [4.69, 9.17) is 5.73 Å². The summed E-state index contributed by atoms with van der Waals surface area (Å²) in [6, 6.07) is 13.8. The number of nitrogens with one attached hydrogen (secondary N) is 2. The van der Waals surface area contributed by atoms with Gasteiger partial charge >= 0.3 is 6.03 Å². The van der Waals surface area contributed by atoms with Crippen molar-refractivity contribution in [1.29, 1.82) is 0 Å². The number of primary amides is 1. The highest BCUT2D eigenvalue weighted by molar-refractivity contribution is 9.10. The largest absolute Gasteiger partial charge is 0.352 e. The van der Waals surface area contributed by atoms with Crippen molar-refractivity contribution in [3.05, 3.63) is 64.4 Å². The smallest absolute Gasteiger partial charge is 0.312 e. The summed E-state index contributed by atoms with van der Waals surface area (Å²) in [6.45, 7) is 0.931. The Morgan fingerprint density at radius 2 is 1.91 bits per heavy atom. The fraction of sp³-hybridized carbons (Fsp3) is 0.304. The predicted octanol–water partition coefficient (Wildman–Crippen LogP) is 4.17. The van der Waals surface area contributed by atoms with E-state index in [0.717, 1.165) is 53.1 Å². The van der Waals surface area contributed by atoms with Gasteiger partial charge in [0.05, 0.1) is 12.5 Å². The maximum Gasteiger partial charge on any atom is 0.312 e. The SMILES string of the molecule is NC(=O)NC(CC(=O)Nc1ccc(-c2nnc3n2CCCCC3)cc1)c1cccc(Br)c1. The predicted molar refractivity (Wildman–Crippen MR) is 126 cm³/mol. The number of fused-ring (bicyclic) bond motifs is 1. The van der Waals surface area contributed by atoms with E-state index in [0.29, 0.717) is 5.69 Å². The molecule has 1 atom stereocenters. The van der Waals surface area contributed by atoms with Crippen LogP contribution in [0.5, 0.6) is 0 Å². The highest BCUT2D eigenvalue weighted by Gasteiger charge is 2.19. The number of aryl methyl sites for hydroxylation is 1. The number of carbonyl (C=O) groups excluding carboxylic acids is 2. The van der Waals surface area contributed by atoms with Crippen LogP contribution in [0.2, 0.25) is 0 Å². The van der Waals surface area contributed by atoms with E-state index in [-0.39, 0.29) is 12.3 Å². The Hall–Kier alpha value is -3.20. The molecule has 0 saturated carbocycles. The van der Waals surface area contributed by atoms with Crippen molar-refractivity contribution in [3.8, 4) is 11.4 Å². The van der Waals surface area contributed by atoms with E-state index in [1.807, 2.05) is 48.5 Å². The lowest BCUT2D eigenvalue weighted by atomic mass is 10.0. The fourth-order valence-corrected chi connectivity index (χ4v) is 4.36. The number of anilines is 1. The molecule has 0 aliphatic carbocycles. The monoisotopic (exact) mass is 496 g/mol. The molecular weight excluding hydrogens is 472 g/mol. The summed E-state index contributed by atoms with van der Waals surface area (Å²) < 4.78 is 3.05. The summed E-state index contributed by atoms with van der Waals surface area (Å²) in [5.74, 6) is 1.67. The molecule has 8 nitrogen and oxygen atoms in total. The van der Waals surface area contributed by atoms with Gasteiger partial charge in [-0.25, -0.2) is 4.79 Å². The molecule has 1 aromatic heterocycles. The molecule has 0 spiro atoms. The first kappa shape index (κ1) is 22.0. The van der Waals surface area contributed by atoms with E-state index in [1.54, 1.807) is 0 Å². The Morgan fingerprint density at radius 1 is 1.09 bits per heavy atom. The lowest BCUT2D eigenvalue weighted by Gasteiger charge is -2.18. The number of urea groups is 1. The first-order valence-corrected chi connectivity index (χ1v) is 11.4. The zero-order chi connectivity index (χ0) is 22.5. The van der Waals surface area contributed by atoms with E-state index < -0.39 is 12.1 Å². The van der Waals surface area contributed by atoms with Crippen molar-refractivity contribution in [2.45, 2.75) is 44.7 Å². The lowest BCUT2D eigenvalue weighted by Crippen LogP contribution is -2.35. The van der Waals surface area contributed by atoms with Gasteiger partial charge in [0.15, 0.2) is 5.82 Å². The van der Waals surface area contributed by atoms with Gasteiger partial charge < -0.3 is 20.9 Å². The van der Waals surface area contributed by atoms with Crippen LogP contribution >= 0.6 is 15.9 Å². The average Bonchev–Trinajstić information content (AvgIpc) is 3.01. The van der Waals surface area contributed by atoms with E-state index >= 15 is 0 Å². The molecule has 4 rings (SSSR count). The quantitative estimate of drug-likeness (QED) is 0.474. The highest BCUT2D eigenvalue weighted by atomic mass is 79.9. The van der Waals surface area contributed by atoms with Gasteiger partial charge in [-0.2, -0.15) is 0 Å². The molecule has 0 bridgehead atoms. The zero-order valence-electron chi connectivity index (χ0n) is 17.6. The Kier molecular flexibility index (Phi) is 6.84. The zero-order valence-corrected chi connectivity index (χ0v) is 19.1. The van der Waals surface area contributed by atoms with Crippen LogP contribution in [0, 0.1) is 0 Å². The number of hydrogen-bond acceptors (Lipinski definition) is 4. The number of aromatic nitrogens is 3. The van der Waals surface area contributed by atoms with Gasteiger partial charge in [0.2, 0.25) is 5.91 Å². The van der Waals surface area contributed by atoms with Crippen LogP contribution in [0.4, 0.5) is 10.5 Å². The Bertz CT molecular complexity index is 1110. The molecule has 2 heterocycles. The number of carbonyl (C=O) groups is 2. The van der Waals surface area contributed by atoms with Gasteiger partial charge in [-0.05, 0) is 54.8 Å². The number of halogens is 1. The van der Waals surface area contributed by atoms with Crippen molar-refractivity contribution in [1.82, 2.24) is 20.1 Å². The molecule has 3 aromatic rings. The Balaban J connectivity index is 1.44. The number of rotatable bonds is 6. The van der Waals surface area contributed by atoms with Crippen molar-refractivity contribution in [2.75, 3.05) is 5.32 Å². The van der Waals surface area contributed by atoms with Gasteiger partial charge in [0, 0.05) is 28.7 Å². The number of benzene rings is 2. The number of nitrogens with zero attached hydrogens (tertiary/aromatic N) is 3.